The zero-order valence-corrected chi connectivity index (χ0v) is 8.85. The maximum atomic E-state index is 5.52. The number of benzene rings is 1. The van der Waals surface area contributed by atoms with Gasteiger partial charge in [-0.05, 0) is 29.8 Å². The van der Waals surface area contributed by atoms with Gasteiger partial charge in [-0.3, -0.25) is 4.98 Å². The largest absolute Gasteiger partial charge is 0.326 e. The van der Waals surface area contributed by atoms with Crippen molar-refractivity contribution in [1.82, 2.24) is 4.98 Å². The van der Waals surface area contributed by atoms with Crippen LogP contribution in [0.15, 0.2) is 48.8 Å². The molecule has 0 fully saturated rings. The van der Waals surface area contributed by atoms with Crippen LogP contribution >= 0.6 is 0 Å². The SMILES string of the molecule is NCc1ccc(NNc2ccncc2)cc1. The molecular weight excluding hydrogens is 200 g/mol. The average Bonchev–Trinajstić information content (AvgIpc) is 2.38. The Morgan fingerprint density at radius 1 is 0.875 bits per heavy atom. The van der Waals surface area contributed by atoms with Crippen LogP contribution in [0, 0.1) is 0 Å². The van der Waals surface area contributed by atoms with Gasteiger partial charge in [0.05, 0.1) is 11.4 Å². The highest BCUT2D eigenvalue weighted by Crippen LogP contribution is 2.10. The summed E-state index contributed by atoms with van der Waals surface area (Å²) in [5, 5.41) is 0. The molecule has 82 valence electrons. The van der Waals surface area contributed by atoms with Gasteiger partial charge in [0.2, 0.25) is 0 Å². The summed E-state index contributed by atoms with van der Waals surface area (Å²) in [6, 6.07) is 11.7. The Balaban J connectivity index is 1.94. The first-order chi connectivity index (χ1) is 7.88. The Morgan fingerprint density at radius 2 is 1.44 bits per heavy atom. The Bertz CT molecular complexity index is 425. The second-order valence-corrected chi connectivity index (χ2v) is 3.39. The van der Waals surface area contributed by atoms with Gasteiger partial charge in [0.1, 0.15) is 0 Å². The normalized spacial score (nSPS) is 9.81. The van der Waals surface area contributed by atoms with Gasteiger partial charge >= 0.3 is 0 Å². The van der Waals surface area contributed by atoms with Crippen LogP contribution in [0.25, 0.3) is 0 Å². The summed E-state index contributed by atoms with van der Waals surface area (Å²) < 4.78 is 0. The first-order valence-electron chi connectivity index (χ1n) is 5.09. The topological polar surface area (TPSA) is 63.0 Å². The fourth-order valence-corrected chi connectivity index (χ4v) is 1.30. The summed E-state index contributed by atoms with van der Waals surface area (Å²) in [7, 11) is 0. The van der Waals surface area contributed by atoms with E-state index in [9.17, 15) is 0 Å². The lowest BCUT2D eigenvalue weighted by Crippen LogP contribution is -2.08. The monoisotopic (exact) mass is 214 g/mol. The van der Waals surface area contributed by atoms with Crippen molar-refractivity contribution in [2.75, 3.05) is 10.9 Å². The highest BCUT2D eigenvalue weighted by atomic mass is 15.4. The Labute approximate surface area is 94.5 Å². The number of anilines is 2. The number of hydrogen-bond donors (Lipinski definition) is 3. The van der Waals surface area contributed by atoms with Gasteiger partial charge < -0.3 is 16.6 Å². The van der Waals surface area contributed by atoms with Gasteiger partial charge in [-0.25, -0.2) is 0 Å². The minimum absolute atomic E-state index is 0.568. The van der Waals surface area contributed by atoms with Gasteiger partial charge in [-0.2, -0.15) is 0 Å². The van der Waals surface area contributed by atoms with Crippen molar-refractivity contribution in [1.29, 1.82) is 0 Å². The molecule has 0 saturated carbocycles. The summed E-state index contributed by atoms with van der Waals surface area (Å²) in [6.07, 6.45) is 3.48. The minimum Gasteiger partial charge on any atom is -0.326 e. The van der Waals surface area contributed by atoms with Crippen LogP contribution < -0.4 is 16.6 Å². The molecule has 4 heteroatoms. The van der Waals surface area contributed by atoms with Gasteiger partial charge in [-0.15, -0.1) is 0 Å². The van der Waals surface area contributed by atoms with E-state index in [-0.39, 0.29) is 0 Å². The number of hydrazine groups is 1. The Morgan fingerprint density at radius 3 is 2.00 bits per heavy atom. The molecule has 0 saturated heterocycles. The third kappa shape index (κ3) is 2.71. The molecule has 0 amide bonds. The van der Waals surface area contributed by atoms with Crippen molar-refractivity contribution >= 4 is 11.4 Å². The smallest absolute Gasteiger partial charge is 0.0570 e. The van der Waals surface area contributed by atoms with Gasteiger partial charge in [0, 0.05) is 18.9 Å². The quantitative estimate of drug-likeness (QED) is 0.681. The molecule has 1 aromatic carbocycles. The highest BCUT2D eigenvalue weighted by molar-refractivity contribution is 5.52. The molecule has 2 aromatic rings. The fourth-order valence-electron chi connectivity index (χ4n) is 1.30. The summed E-state index contributed by atoms with van der Waals surface area (Å²) >= 11 is 0. The van der Waals surface area contributed by atoms with Crippen molar-refractivity contribution in [3.05, 3.63) is 54.4 Å². The molecule has 16 heavy (non-hydrogen) atoms. The molecule has 0 spiro atoms. The van der Waals surface area contributed by atoms with Gasteiger partial charge in [0.15, 0.2) is 0 Å². The van der Waals surface area contributed by atoms with Crippen LogP contribution in [-0.2, 0) is 6.54 Å². The lowest BCUT2D eigenvalue weighted by Gasteiger charge is -2.09. The molecule has 0 unspecified atom stereocenters. The van der Waals surface area contributed by atoms with Crippen LogP contribution in [0.4, 0.5) is 11.4 Å². The van der Waals surface area contributed by atoms with Crippen LogP contribution in [0.5, 0.6) is 0 Å². The number of nitrogens with two attached hydrogens (primary N) is 1. The van der Waals surface area contributed by atoms with Crippen molar-refractivity contribution in [3.8, 4) is 0 Å². The molecule has 1 heterocycles. The van der Waals surface area contributed by atoms with Crippen molar-refractivity contribution in [3.63, 3.8) is 0 Å². The van der Waals surface area contributed by atoms with Crippen molar-refractivity contribution in [2.45, 2.75) is 6.54 Å². The van der Waals surface area contributed by atoms with E-state index in [1.807, 2.05) is 36.4 Å². The molecule has 0 bridgehead atoms. The Hall–Kier alpha value is -2.07. The first-order valence-corrected chi connectivity index (χ1v) is 5.09. The van der Waals surface area contributed by atoms with E-state index < -0.39 is 0 Å². The van der Waals surface area contributed by atoms with Crippen LogP contribution in [0.3, 0.4) is 0 Å². The lowest BCUT2D eigenvalue weighted by molar-refractivity contribution is 1.07. The van der Waals surface area contributed by atoms with E-state index in [4.69, 9.17) is 5.73 Å². The maximum absolute atomic E-state index is 5.52. The molecule has 0 aliphatic heterocycles. The molecule has 0 radical (unpaired) electrons. The molecule has 0 aliphatic carbocycles. The molecule has 2 rings (SSSR count). The van der Waals surface area contributed by atoms with E-state index in [1.54, 1.807) is 12.4 Å². The van der Waals surface area contributed by atoms with E-state index >= 15 is 0 Å². The first kappa shape index (κ1) is 10.4. The molecular formula is C12H14N4. The predicted molar refractivity (Wildman–Crippen MR) is 65.8 cm³/mol. The van der Waals surface area contributed by atoms with Crippen molar-refractivity contribution in [2.24, 2.45) is 5.73 Å². The molecule has 1 aromatic heterocycles. The molecule has 0 aliphatic rings. The molecule has 0 atom stereocenters. The second kappa shape index (κ2) is 5.14. The van der Waals surface area contributed by atoms with E-state index in [0.717, 1.165) is 16.9 Å². The number of nitrogens with zero attached hydrogens (tertiary/aromatic N) is 1. The zero-order chi connectivity index (χ0) is 11.2. The minimum atomic E-state index is 0.568. The summed E-state index contributed by atoms with van der Waals surface area (Å²) in [4.78, 5) is 3.94. The van der Waals surface area contributed by atoms with Gasteiger partial charge in [-0.1, -0.05) is 12.1 Å². The standard InChI is InChI=1S/C12H14N4/c13-9-10-1-3-11(4-2-10)15-16-12-5-7-14-8-6-12/h1-8,15H,9,13H2,(H,14,16). The highest BCUT2D eigenvalue weighted by Gasteiger charge is 1.92. The number of pyridine rings is 1. The third-order valence-corrected chi connectivity index (χ3v) is 2.22. The average molecular weight is 214 g/mol. The van der Waals surface area contributed by atoms with E-state index in [2.05, 4.69) is 15.8 Å². The number of aromatic nitrogens is 1. The number of nitrogens with one attached hydrogen (secondary N) is 2. The predicted octanol–water partition coefficient (Wildman–Crippen LogP) is 1.98. The Kier molecular flexibility index (Phi) is 3.35. The third-order valence-electron chi connectivity index (χ3n) is 2.22. The van der Waals surface area contributed by atoms with Gasteiger partial charge in [0.25, 0.3) is 0 Å². The van der Waals surface area contributed by atoms with Crippen LogP contribution in [0.2, 0.25) is 0 Å². The van der Waals surface area contributed by atoms with E-state index in [1.165, 1.54) is 0 Å². The van der Waals surface area contributed by atoms with Crippen LogP contribution in [0.1, 0.15) is 5.56 Å². The summed E-state index contributed by atoms with van der Waals surface area (Å²) in [5.74, 6) is 0. The lowest BCUT2D eigenvalue weighted by atomic mass is 10.2. The van der Waals surface area contributed by atoms with E-state index in [0.29, 0.717) is 6.54 Å². The fraction of sp³-hybridized carbons (Fsp3) is 0.0833. The summed E-state index contributed by atoms with van der Waals surface area (Å²) in [5.41, 5.74) is 14.8. The molecule has 4 N–H and O–H groups in total. The number of hydrogen-bond acceptors (Lipinski definition) is 4. The maximum Gasteiger partial charge on any atom is 0.0570 e. The number of rotatable bonds is 4. The zero-order valence-electron chi connectivity index (χ0n) is 8.85. The van der Waals surface area contributed by atoms with Crippen molar-refractivity contribution < 1.29 is 0 Å². The second-order valence-electron chi connectivity index (χ2n) is 3.39. The molecule has 4 nitrogen and oxygen atoms in total. The van der Waals surface area contributed by atoms with Crippen LogP contribution in [-0.4, -0.2) is 4.98 Å². The summed E-state index contributed by atoms with van der Waals surface area (Å²) in [6.45, 7) is 0.568.